The maximum absolute atomic E-state index is 13.5. The van der Waals surface area contributed by atoms with Crippen molar-refractivity contribution in [2.75, 3.05) is 19.0 Å². The summed E-state index contributed by atoms with van der Waals surface area (Å²) >= 11 is 12.8. The molecule has 0 radical (unpaired) electrons. The standard InChI is InChI=1S/C27H28Cl2NO8PS/c1-3-38-39(35,20-8-5-7-19(31)16-20)11-10-18-13-22(28)25(23(29)14-18)26(32)30-24(27(33)34)15-17-6-4-9-21(12-17)40(2,36)37/h4-9,12-14,16,24,31H,3,10-11,15H2,1-2H3,(H,30,32)(H,33,34)/t24-,39?/m0/s1. The molecule has 1 amide bonds. The van der Waals surface area contributed by atoms with Crippen LogP contribution in [0.15, 0.2) is 65.6 Å². The first-order valence-electron chi connectivity index (χ1n) is 12.1. The largest absolute Gasteiger partial charge is 0.508 e. The Balaban J connectivity index is 1.78. The lowest BCUT2D eigenvalue weighted by Gasteiger charge is -2.19. The number of aryl methyl sites for hydroxylation is 1. The van der Waals surface area contributed by atoms with Gasteiger partial charge in [0.25, 0.3) is 5.91 Å². The smallest absolute Gasteiger partial charge is 0.326 e. The zero-order valence-corrected chi connectivity index (χ0v) is 24.9. The van der Waals surface area contributed by atoms with Crippen molar-refractivity contribution in [2.24, 2.45) is 0 Å². The molecule has 13 heteroatoms. The Morgan fingerprint density at radius 3 is 2.25 bits per heavy atom. The topological polar surface area (TPSA) is 147 Å². The van der Waals surface area contributed by atoms with Gasteiger partial charge in [-0.25, -0.2) is 13.2 Å². The lowest BCUT2D eigenvalue weighted by atomic mass is 10.0. The summed E-state index contributed by atoms with van der Waals surface area (Å²) in [6, 6.07) is 13.4. The van der Waals surface area contributed by atoms with Crippen molar-refractivity contribution in [2.45, 2.75) is 30.7 Å². The molecule has 3 rings (SSSR count). The quantitative estimate of drug-likeness (QED) is 0.245. The molecule has 0 fully saturated rings. The fraction of sp³-hybridized carbons (Fsp3) is 0.259. The van der Waals surface area contributed by atoms with E-state index in [-0.39, 0.29) is 51.9 Å². The van der Waals surface area contributed by atoms with Crippen molar-refractivity contribution in [3.05, 3.63) is 87.4 Å². The second kappa shape index (κ2) is 13.2. The number of phenols is 1. The monoisotopic (exact) mass is 627 g/mol. The third-order valence-corrected chi connectivity index (χ3v) is 10.2. The molecular formula is C27H28Cl2NO8PS. The molecule has 40 heavy (non-hydrogen) atoms. The Bertz CT molecular complexity index is 1560. The van der Waals surface area contributed by atoms with Crippen molar-refractivity contribution in [1.82, 2.24) is 5.32 Å². The Morgan fingerprint density at radius 2 is 1.68 bits per heavy atom. The number of benzene rings is 3. The minimum Gasteiger partial charge on any atom is -0.508 e. The molecule has 0 aliphatic carbocycles. The van der Waals surface area contributed by atoms with Crippen LogP contribution in [0, 0.1) is 0 Å². The Labute approximate surface area is 242 Å². The van der Waals surface area contributed by atoms with Gasteiger partial charge in [-0.05, 0) is 66.9 Å². The highest BCUT2D eigenvalue weighted by molar-refractivity contribution is 7.90. The van der Waals surface area contributed by atoms with Gasteiger partial charge in [0.2, 0.25) is 7.37 Å². The van der Waals surface area contributed by atoms with Crippen molar-refractivity contribution >= 4 is 57.6 Å². The molecule has 3 aromatic carbocycles. The first-order valence-corrected chi connectivity index (χ1v) is 16.5. The number of carboxylic acids is 1. The molecule has 0 saturated carbocycles. The highest BCUT2D eigenvalue weighted by Gasteiger charge is 2.28. The molecule has 0 saturated heterocycles. The zero-order valence-electron chi connectivity index (χ0n) is 21.6. The van der Waals surface area contributed by atoms with E-state index in [1.807, 2.05) is 0 Å². The van der Waals surface area contributed by atoms with Crippen LogP contribution in [0.25, 0.3) is 0 Å². The summed E-state index contributed by atoms with van der Waals surface area (Å²) in [6.07, 6.45) is 1.16. The van der Waals surface area contributed by atoms with E-state index in [1.165, 1.54) is 42.5 Å². The predicted octanol–water partition coefficient (Wildman–Crippen LogP) is 4.71. The summed E-state index contributed by atoms with van der Waals surface area (Å²) in [4.78, 5) is 24.9. The van der Waals surface area contributed by atoms with Crippen LogP contribution in [0.2, 0.25) is 10.0 Å². The molecule has 0 aliphatic heterocycles. The molecule has 2 atom stereocenters. The summed E-state index contributed by atoms with van der Waals surface area (Å²) in [7, 11) is -6.84. The van der Waals surface area contributed by atoms with Crippen LogP contribution < -0.4 is 10.6 Å². The average molecular weight is 628 g/mol. The Morgan fingerprint density at radius 1 is 1.02 bits per heavy atom. The van der Waals surface area contributed by atoms with Crippen LogP contribution in [-0.4, -0.2) is 55.6 Å². The minimum absolute atomic E-state index is 0.0279. The van der Waals surface area contributed by atoms with Crippen LogP contribution in [0.3, 0.4) is 0 Å². The zero-order chi connectivity index (χ0) is 29.7. The van der Waals surface area contributed by atoms with Gasteiger partial charge in [-0.15, -0.1) is 0 Å². The summed E-state index contributed by atoms with van der Waals surface area (Å²) < 4.78 is 42.8. The number of aliphatic carboxylic acids is 1. The van der Waals surface area contributed by atoms with Gasteiger partial charge in [0.1, 0.15) is 11.8 Å². The lowest BCUT2D eigenvalue weighted by Crippen LogP contribution is -2.42. The van der Waals surface area contributed by atoms with Gasteiger partial charge < -0.3 is 20.1 Å². The number of carboxylic acid groups (broad SMARTS) is 1. The maximum Gasteiger partial charge on any atom is 0.326 e. The lowest BCUT2D eigenvalue weighted by molar-refractivity contribution is -0.139. The molecule has 1 unspecified atom stereocenters. The first kappa shape index (κ1) is 31.6. The molecule has 0 aliphatic rings. The van der Waals surface area contributed by atoms with Crippen LogP contribution >= 0.6 is 30.6 Å². The maximum atomic E-state index is 13.5. The number of aromatic hydroxyl groups is 1. The number of rotatable bonds is 12. The third kappa shape index (κ3) is 8.08. The number of nitrogens with one attached hydrogen (secondary N) is 1. The van der Waals surface area contributed by atoms with Crippen molar-refractivity contribution in [3.63, 3.8) is 0 Å². The van der Waals surface area contributed by atoms with E-state index in [0.717, 1.165) is 6.26 Å². The van der Waals surface area contributed by atoms with Crippen molar-refractivity contribution in [1.29, 1.82) is 0 Å². The summed E-state index contributed by atoms with van der Waals surface area (Å²) in [5.74, 6) is -2.20. The number of halogens is 2. The van der Waals surface area contributed by atoms with E-state index in [0.29, 0.717) is 16.4 Å². The molecular weight excluding hydrogens is 600 g/mol. The number of amides is 1. The summed E-state index contributed by atoms with van der Waals surface area (Å²) in [6.45, 7) is 1.90. The SMILES string of the molecule is CCOP(=O)(CCc1cc(Cl)c(C(=O)N[C@@H](Cc2cccc(S(C)(=O)=O)c2)C(=O)O)c(Cl)c1)c1cccc(O)c1. The summed E-state index contributed by atoms with van der Waals surface area (Å²) in [5, 5.41) is 22.2. The highest BCUT2D eigenvalue weighted by atomic mass is 35.5. The molecule has 214 valence electrons. The van der Waals surface area contributed by atoms with Crippen molar-refractivity contribution in [3.8, 4) is 5.75 Å². The number of phenolic OH excluding ortho intramolecular Hbond substituents is 1. The van der Waals surface area contributed by atoms with E-state index in [1.54, 1.807) is 25.1 Å². The molecule has 0 heterocycles. The van der Waals surface area contributed by atoms with Crippen molar-refractivity contribution < 1.29 is 37.3 Å². The Kier molecular flexibility index (Phi) is 10.4. The highest BCUT2D eigenvalue weighted by Crippen LogP contribution is 2.46. The molecule has 0 spiro atoms. The Hall–Kier alpha value is -2.88. The molecule has 0 aromatic heterocycles. The fourth-order valence-electron chi connectivity index (χ4n) is 4.01. The summed E-state index contributed by atoms with van der Waals surface area (Å²) in [5.41, 5.74) is 0.830. The van der Waals surface area contributed by atoms with Gasteiger partial charge in [-0.2, -0.15) is 0 Å². The van der Waals surface area contributed by atoms with Crippen LogP contribution in [0.1, 0.15) is 28.4 Å². The second-order valence-corrected chi connectivity index (χ2v) is 14.4. The average Bonchev–Trinajstić information content (AvgIpc) is 2.86. The molecule has 0 bridgehead atoms. The number of sulfone groups is 1. The number of carbonyl (C=O) groups excluding carboxylic acids is 1. The van der Waals surface area contributed by atoms with E-state index in [4.69, 9.17) is 27.7 Å². The van der Waals surface area contributed by atoms with Gasteiger partial charge in [-0.3, -0.25) is 9.36 Å². The molecule has 3 aromatic rings. The predicted molar refractivity (Wildman–Crippen MR) is 154 cm³/mol. The second-order valence-electron chi connectivity index (χ2n) is 9.01. The van der Waals surface area contributed by atoms with E-state index >= 15 is 0 Å². The van der Waals surface area contributed by atoms with Gasteiger partial charge >= 0.3 is 5.97 Å². The normalized spacial score (nSPS) is 13.8. The third-order valence-electron chi connectivity index (χ3n) is 5.95. The van der Waals surface area contributed by atoms with Crippen LogP contribution in [0.5, 0.6) is 5.75 Å². The van der Waals surface area contributed by atoms with Crippen LogP contribution in [-0.2, 0) is 36.6 Å². The van der Waals surface area contributed by atoms with E-state index in [2.05, 4.69) is 5.32 Å². The number of carbonyl (C=O) groups is 2. The molecule has 9 nitrogen and oxygen atoms in total. The van der Waals surface area contributed by atoms with E-state index in [9.17, 15) is 32.8 Å². The van der Waals surface area contributed by atoms with Gasteiger partial charge in [0.05, 0.1) is 27.1 Å². The molecule has 3 N–H and O–H groups in total. The van der Waals surface area contributed by atoms with Gasteiger partial charge in [-0.1, -0.05) is 41.4 Å². The van der Waals surface area contributed by atoms with Gasteiger partial charge in [0.15, 0.2) is 9.84 Å². The first-order chi connectivity index (χ1) is 18.7. The number of hydrogen-bond acceptors (Lipinski definition) is 7. The number of hydrogen-bond donors (Lipinski definition) is 3. The minimum atomic E-state index is -3.50. The van der Waals surface area contributed by atoms with Gasteiger partial charge in [0, 0.05) is 24.1 Å². The van der Waals surface area contributed by atoms with Crippen LogP contribution in [0.4, 0.5) is 0 Å². The van der Waals surface area contributed by atoms with E-state index < -0.39 is 35.1 Å². The fourth-order valence-corrected chi connectivity index (χ4v) is 7.56.